The maximum Gasteiger partial charge on any atom is 1.00 e. The number of Topliss-reactive ketones (excluding diaryl/α,β-unsaturated/α-hetero) is 1. The van der Waals surface area contributed by atoms with Crippen molar-refractivity contribution < 1.29 is 73.9 Å². The first-order valence-corrected chi connectivity index (χ1v) is 4.33. The first kappa shape index (κ1) is 16.7. The molecule has 84 valence electrons. The quantitative estimate of drug-likeness (QED) is 0.401. The van der Waals surface area contributed by atoms with Gasteiger partial charge in [0.1, 0.15) is 5.75 Å². The van der Waals surface area contributed by atoms with E-state index in [0.717, 1.165) is 5.82 Å². The summed E-state index contributed by atoms with van der Waals surface area (Å²) in [5.74, 6) is 2.19. The van der Waals surface area contributed by atoms with Gasteiger partial charge in [-0.25, -0.2) is 0 Å². The van der Waals surface area contributed by atoms with Gasteiger partial charge in [-0.1, -0.05) is 5.92 Å². The summed E-state index contributed by atoms with van der Waals surface area (Å²) >= 11 is 0. The molecule has 2 nitrogen and oxygen atoms in total. The molecule has 0 aliphatic heterocycles. The Kier molecular flexibility index (Phi) is 7.13. The van der Waals surface area contributed by atoms with Crippen molar-refractivity contribution >= 4 is 12.8 Å². The number of carbonyl (C=O) groups excluding carboxylic acids is 1. The minimum atomic E-state index is -5.25. The molecule has 0 heterocycles. The van der Waals surface area contributed by atoms with Crippen molar-refractivity contribution in [3.05, 3.63) is 29.8 Å². The van der Waals surface area contributed by atoms with E-state index in [9.17, 15) is 17.7 Å². The van der Waals surface area contributed by atoms with Crippen LogP contribution in [0.15, 0.2) is 24.3 Å². The van der Waals surface area contributed by atoms with E-state index in [0.29, 0.717) is 5.75 Å². The molecule has 0 radical (unpaired) electrons. The molecule has 7 heteroatoms. The second-order valence-electron chi connectivity index (χ2n) is 2.90. The fraction of sp³-hybridized carbons (Fsp3) is 0.100. The Hall–Kier alpha value is -0.259. The zero-order chi connectivity index (χ0) is 12.2. The van der Waals surface area contributed by atoms with Gasteiger partial charge in [-0.2, -0.15) is 5.82 Å². The molecule has 0 atom stereocenters. The Morgan fingerprint density at radius 2 is 1.76 bits per heavy atom. The van der Waals surface area contributed by atoms with Gasteiger partial charge in [0.2, 0.25) is 5.78 Å². The van der Waals surface area contributed by atoms with Crippen LogP contribution in [0.3, 0.4) is 0 Å². The summed E-state index contributed by atoms with van der Waals surface area (Å²) < 4.78 is 40.1. The van der Waals surface area contributed by atoms with Gasteiger partial charge in [0.15, 0.2) is 0 Å². The van der Waals surface area contributed by atoms with Crippen LogP contribution in [-0.2, 0) is 0 Å². The standard InChI is InChI=1S/C10H7BF3O2.K/c1-16-9-4-2-8(3-5-9)10(15)6-7-11(12,13)14;/h2-5H,1H3;/q-1;+1. The molecule has 0 saturated heterocycles. The molecular weight excluding hydrogens is 259 g/mol. The number of ketones is 1. The average molecular weight is 266 g/mol. The fourth-order valence-electron chi connectivity index (χ4n) is 0.962. The van der Waals surface area contributed by atoms with Crippen molar-refractivity contribution in [2.24, 2.45) is 0 Å². The summed E-state index contributed by atoms with van der Waals surface area (Å²) in [5.41, 5.74) is 0.105. The van der Waals surface area contributed by atoms with Gasteiger partial charge < -0.3 is 17.7 Å². The third kappa shape index (κ3) is 6.29. The van der Waals surface area contributed by atoms with Crippen LogP contribution < -0.4 is 56.1 Å². The smallest absolute Gasteiger partial charge is 0.497 e. The van der Waals surface area contributed by atoms with Gasteiger partial charge in [-0.15, -0.1) is 0 Å². The third-order valence-electron chi connectivity index (χ3n) is 1.70. The zero-order valence-electron chi connectivity index (χ0n) is 9.34. The Balaban J connectivity index is 0.00000256. The van der Waals surface area contributed by atoms with Gasteiger partial charge in [0, 0.05) is 5.56 Å². The average Bonchev–Trinajstić information content (AvgIpc) is 2.25. The van der Waals surface area contributed by atoms with E-state index in [1.54, 1.807) is 5.92 Å². The summed E-state index contributed by atoms with van der Waals surface area (Å²) in [7, 11) is 1.45. The maximum absolute atomic E-state index is 11.8. The molecule has 0 aliphatic rings. The van der Waals surface area contributed by atoms with E-state index in [4.69, 9.17) is 4.74 Å². The number of carbonyl (C=O) groups is 1. The normalized spacial score (nSPS) is 9.65. The summed E-state index contributed by atoms with van der Waals surface area (Å²) in [6.07, 6.45) is 0. The molecule has 0 bridgehead atoms. The molecule has 17 heavy (non-hydrogen) atoms. The first-order chi connectivity index (χ1) is 7.42. The monoisotopic (exact) mass is 266 g/mol. The predicted molar refractivity (Wildman–Crippen MR) is 54.2 cm³/mol. The molecule has 0 amide bonds. The molecule has 1 aromatic carbocycles. The minimum Gasteiger partial charge on any atom is -0.497 e. The minimum absolute atomic E-state index is 0. The molecule has 1 rings (SSSR count). The molecule has 0 saturated carbocycles. The molecule has 0 N–H and O–H groups in total. The number of halogens is 3. The maximum atomic E-state index is 11.8. The molecule has 0 unspecified atom stereocenters. The fourth-order valence-corrected chi connectivity index (χ4v) is 0.962. The van der Waals surface area contributed by atoms with Crippen LogP contribution in [0.4, 0.5) is 12.9 Å². The van der Waals surface area contributed by atoms with Crippen LogP contribution in [0, 0.1) is 11.7 Å². The summed E-state index contributed by atoms with van der Waals surface area (Å²) in [6.45, 7) is -5.25. The van der Waals surface area contributed by atoms with Crippen LogP contribution in [0.2, 0.25) is 0 Å². The molecule has 0 aromatic heterocycles. The van der Waals surface area contributed by atoms with E-state index in [1.807, 2.05) is 0 Å². The SMILES string of the molecule is COc1ccc(C(=O)C#C[B-](F)(F)F)cc1.[K+]. The van der Waals surface area contributed by atoms with Crippen LogP contribution in [0.25, 0.3) is 0 Å². The Bertz CT molecular complexity index is 445. The summed E-state index contributed by atoms with van der Waals surface area (Å²) in [4.78, 5) is 11.2. The van der Waals surface area contributed by atoms with Gasteiger partial charge in [0.05, 0.1) is 7.11 Å². The number of benzene rings is 1. The Morgan fingerprint density at radius 3 is 2.18 bits per heavy atom. The van der Waals surface area contributed by atoms with Gasteiger partial charge in [0.25, 0.3) is 0 Å². The van der Waals surface area contributed by atoms with Crippen molar-refractivity contribution in [2.45, 2.75) is 0 Å². The third-order valence-corrected chi connectivity index (χ3v) is 1.70. The molecule has 0 spiro atoms. The van der Waals surface area contributed by atoms with Crippen LogP contribution in [0.1, 0.15) is 10.4 Å². The van der Waals surface area contributed by atoms with E-state index in [2.05, 4.69) is 0 Å². The summed E-state index contributed by atoms with van der Waals surface area (Å²) in [6, 6.07) is 5.68. The van der Waals surface area contributed by atoms with E-state index < -0.39 is 12.8 Å². The van der Waals surface area contributed by atoms with Gasteiger partial charge in [-0.05, 0) is 24.3 Å². The van der Waals surface area contributed by atoms with Crippen molar-refractivity contribution in [2.75, 3.05) is 7.11 Å². The molecule has 0 aliphatic carbocycles. The Morgan fingerprint density at radius 1 is 1.24 bits per heavy atom. The van der Waals surface area contributed by atoms with E-state index >= 15 is 0 Å². The Labute approximate surface area is 139 Å². The van der Waals surface area contributed by atoms with Crippen LogP contribution in [0.5, 0.6) is 5.75 Å². The molecule has 1 aromatic rings. The molecular formula is C10H7BF3KO2. The topological polar surface area (TPSA) is 26.3 Å². The van der Waals surface area contributed by atoms with E-state index in [1.165, 1.54) is 31.4 Å². The largest absolute Gasteiger partial charge is 1.00 e. The van der Waals surface area contributed by atoms with Gasteiger partial charge in [-0.3, -0.25) is 4.79 Å². The van der Waals surface area contributed by atoms with Crippen molar-refractivity contribution in [1.29, 1.82) is 0 Å². The number of rotatable bonds is 2. The van der Waals surface area contributed by atoms with Crippen molar-refractivity contribution in [3.8, 4) is 17.5 Å². The number of hydrogen-bond donors (Lipinski definition) is 0. The molecule has 0 fully saturated rings. The second-order valence-corrected chi connectivity index (χ2v) is 2.90. The first-order valence-electron chi connectivity index (χ1n) is 4.33. The number of hydrogen-bond acceptors (Lipinski definition) is 2. The zero-order valence-corrected chi connectivity index (χ0v) is 12.5. The van der Waals surface area contributed by atoms with Crippen molar-refractivity contribution in [3.63, 3.8) is 0 Å². The predicted octanol–water partition coefficient (Wildman–Crippen LogP) is -0.728. The van der Waals surface area contributed by atoms with Gasteiger partial charge >= 0.3 is 58.4 Å². The van der Waals surface area contributed by atoms with E-state index in [-0.39, 0.29) is 56.9 Å². The van der Waals surface area contributed by atoms with Crippen LogP contribution in [-0.4, -0.2) is 19.9 Å². The van der Waals surface area contributed by atoms with Crippen LogP contribution >= 0.6 is 0 Å². The second kappa shape index (κ2) is 7.24. The number of methoxy groups -OCH3 is 1. The number of ether oxygens (including phenoxy) is 1. The summed E-state index contributed by atoms with van der Waals surface area (Å²) in [5, 5.41) is 0. The van der Waals surface area contributed by atoms with Crippen molar-refractivity contribution in [1.82, 2.24) is 0 Å².